The largest absolute Gasteiger partial charge is 0.388 e. The molecule has 1 aromatic rings. The summed E-state index contributed by atoms with van der Waals surface area (Å²) in [5, 5.41) is 3.10. The van der Waals surface area contributed by atoms with E-state index < -0.39 is 0 Å². The zero-order valence-corrected chi connectivity index (χ0v) is 8.29. The maximum Gasteiger partial charge on any atom is 0.210 e. The standard InChI is InChI=1S/C11H14N2O/c1-12-11-3-2-9-4-5-13(8-14)7-10(9)6-11/h2-3,6,8,12H,4-5,7H2,1H3. The zero-order valence-electron chi connectivity index (χ0n) is 8.29. The van der Waals surface area contributed by atoms with Crippen LogP contribution in [0.3, 0.4) is 0 Å². The van der Waals surface area contributed by atoms with Crippen molar-refractivity contribution in [3.05, 3.63) is 29.3 Å². The van der Waals surface area contributed by atoms with Crippen molar-refractivity contribution in [3.63, 3.8) is 0 Å². The van der Waals surface area contributed by atoms with E-state index in [9.17, 15) is 4.79 Å². The summed E-state index contributed by atoms with van der Waals surface area (Å²) in [6.45, 7) is 1.59. The van der Waals surface area contributed by atoms with Gasteiger partial charge >= 0.3 is 0 Å². The Hall–Kier alpha value is -1.51. The van der Waals surface area contributed by atoms with Gasteiger partial charge in [0.05, 0.1) is 0 Å². The number of anilines is 1. The highest BCUT2D eigenvalue weighted by Gasteiger charge is 2.14. The molecule has 1 aliphatic heterocycles. The van der Waals surface area contributed by atoms with Gasteiger partial charge in [-0.3, -0.25) is 4.79 Å². The van der Waals surface area contributed by atoms with Crippen molar-refractivity contribution >= 4 is 12.1 Å². The number of rotatable bonds is 2. The van der Waals surface area contributed by atoms with E-state index in [1.54, 1.807) is 0 Å². The van der Waals surface area contributed by atoms with Crippen molar-refractivity contribution in [1.29, 1.82) is 0 Å². The van der Waals surface area contributed by atoms with Crippen molar-refractivity contribution in [2.24, 2.45) is 0 Å². The van der Waals surface area contributed by atoms with Crippen LogP contribution in [0, 0.1) is 0 Å². The number of amides is 1. The fourth-order valence-corrected chi connectivity index (χ4v) is 1.82. The Kier molecular flexibility index (Phi) is 2.39. The van der Waals surface area contributed by atoms with Crippen LogP contribution in [0.25, 0.3) is 0 Å². The molecular formula is C11H14N2O. The minimum atomic E-state index is 0.744. The molecule has 0 aliphatic carbocycles. The van der Waals surface area contributed by atoms with Crippen LogP contribution in [0.2, 0.25) is 0 Å². The van der Waals surface area contributed by atoms with Crippen LogP contribution in [-0.2, 0) is 17.8 Å². The fourth-order valence-electron chi connectivity index (χ4n) is 1.82. The molecule has 0 fully saturated rings. The van der Waals surface area contributed by atoms with Gasteiger partial charge in [0.15, 0.2) is 0 Å². The van der Waals surface area contributed by atoms with Crippen LogP contribution in [0.4, 0.5) is 5.69 Å². The summed E-state index contributed by atoms with van der Waals surface area (Å²) in [6.07, 6.45) is 1.90. The molecule has 0 unspecified atom stereocenters. The van der Waals surface area contributed by atoms with Gasteiger partial charge in [-0.05, 0) is 29.7 Å². The molecule has 74 valence electrons. The Morgan fingerprint density at radius 1 is 1.43 bits per heavy atom. The van der Waals surface area contributed by atoms with Crippen molar-refractivity contribution in [2.75, 3.05) is 18.9 Å². The van der Waals surface area contributed by atoms with Crippen molar-refractivity contribution in [2.45, 2.75) is 13.0 Å². The maximum atomic E-state index is 10.6. The number of hydrogen-bond acceptors (Lipinski definition) is 2. The normalized spacial score (nSPS) is 14.8. The first-order chi connectivity index (χ1) is 6.83. The summed E-state index contributed by atoms with van der Waals surface area (Å²) in [7, 11) is 1.90. The molecule has 0 saturated carbocycles. The van der Waals surface area contributed by atoms with Gasteiger partial charge in [0.25, 0.3) is 0 Å². The minimum absolute atomic E-state index is 0.744. The van der Waals surface area contributed by atoms with Gasteiger partial charge in [0.2, 0.25) is 6.41 Å². The van der Waals surface area contributed by atoms with E-state index in [0.717, 1.165) is 31.6 Å². The van der Waals surface area contributed by atoms with Gasteiger partial charge in [0.1, 0.15) is 0 Å². The smallest absolute Gasteiger partial charge is 0.210 e. The summed E-state index contributed by atoms with van der Waals surface area (Å²) < 4.78 is 0. The van der Waals surface area contributed by atoms with Crippen LogP contribution in [-0.4, -0.2) is 24.9 Å². The maximum absolute atomic E-state index is 10.6. The number of nitrogens with zero attached hydrogens (tertiary/aromatic N) is 1. The quantitative estimate of drug-likeness (QED) is 0.712. The second-order valence-corrected chi connectivity index (χ2v) is 3.56. The van der Waals surface area contributed by atoms with Crippen LogP contribution in [0.1, 0.15) is 11.1 Å². The first-order valence-electron chi connectivity index (χ1n) is 4.82. The number of benzene rings is 1. The molecule has 0 radical (unpaired) electrons. The highest BCUT2D eigenvalue weighted by atomic mass is 16.1. The Morgan fingerprint density at radius 3 is 3.00 bits per heavy atom. The summed E-state index contributed by atoms with van der Waals surface area (Å²) in [5.41, 5.74) is 3.73. The number of fused-ring (bicyclic) bond motifs is 1. The van der Waals surface area contributed by atoms with E-state index >= 15 is 0 Å². The van der Waals surface area contributed by atoms with E-state index in [4.69, 9.17) is 0 Å². The monoisotopic (exact) mass is 190 g/mol. The van der Waals surface area contributed by atoms with Crippen molar-refractivity contribution in [1.82, 2.24) is 4.90 Å². The van der Waals surface area contributed by atoms with Crippen LogP contribution in [0.15, 0.2) is 18.2 Å². The molecule has 1 heterocycles. The molecule has 0 saturated heterocycles. The van der Waals surface area contributed by atoms with E-state index in [-0.39, 0.29) is 0 Å². The van der Waals surface area contributed by atoms with Crippen molar-refractivity contribution < 1.29 is 4.79 Å². The molecule has 1 N–H and O–H groups in total. The number of hydrogen-bond donors (Lipinski definition) is 1. The van der Waals surface area contributed by atoms with Gasteiger partial charge in [-0.1, -0.05) is 6.07 Å². The average molecular weight is 190 g/mol. The molecule has 0 bridgehead atoms. The third-order valence-electron chi connectivity index (χ3n) is 2.69. The molecular weight excluding hydrogens is 176 g/mol. The molecule has 0 aromatic heterocycles. The van der Waals surface area contributed by atoms with Gasteiger partial charge in [-0.2, -0.15) is 0 Å². The predicted molar refractivity (Wildman–Crippen MR) is 56.2 cm³/mol. The molecule has 0 spiro atoms. The second kappa shape index (κ2) is 3.70. The molecule has 1 amide bonds. The molecule has 14 heavy (non-hydrogen) atoms. The van der Waals surface area contributed by atoms with Crippen molar-refractivity contribution in [3.8, 4) is 0 Å². The lowest BCUT2D eigenvalue weighted by atomic mass is 9.99. The summed E-state index contributed by atoms with van der Waals surface area (Å²) in [5.74, 6) is 0. The third-order valence-corrected chi connectivity index (χ3v) is 2.69. The second-order valence-electron chi connectivity index (χ2n) is 3.56. The number of carbonyl (C=O) groups is 1. The Bertz CT molecular complexity index is 349. The lowest BCUT2D eigenvalue weighted by Crippen LogP contribution is -2.29. The van der Waals surface area contributed by atoms with Crippen LogP contribution >= 0.6 is 0 Å². The lowest BCUT2D eigenvalue weighted by molar-refractivity contribution is -0.118. The van der Waals surface area contributed by atoms with E-state index in [2.05, 4.69) is 23.5 Å². The van der Waals surface area contributed by atoms with Crippen LogP contribution in [0.5, 0.6) is 0 Å². The molecule has 3 nitrogen and oxygen atoms in total. The summed E-state index contributed by atoms with van der Waals surface area (Å²) >= 11 is 0. The third kappa shape index (κ3) is 1.58. The van der Waals surface area contributed by atoms with E-state index in [1.807, 2.05) is 11.9 Å². The topological polar surface area (TPSA) is 32.3 Å². The van der Waals surface area contributed by atoms with Gasteiger partial charge in [-0.15, -0.1) is 0 Å². The van der Waals surface area contributed by atoms with Gasteiger partial charge in [-0.25, -0.2) is 0 Å². The van der Waals surface area contributed by atoms with E-state index in [0.29, 0.717) is 0 Å². The SMILES string of the molecule is CNc1ccc2c(c1)CN(C=O)CC2. The summed E-state index contributed by atoms with van der Waals surface area (Å²) in [4.78, 5) is 12.4. The molecule has 1 aliphatic rings. The molecule has 3 heteroatoms. The highest BCUT2D eigenvalue weighted by Crippen LogP contribution is 2.21. The first kappa shape index (κ1) is 9.06. The van der Waals surface area contributed by atoms with Gasteiger partial charge < -0.3 is 10.2 Å². The Morgan fingerprint density at radius 2 is 2.29 bits per heavy atom. The zero-order chi connectivity index (χ0) is 9.97. The number of carbonyl (C=O) groups excluding carboxylic acids is 1. The highest BCUT2D eigenvalue weighted by molar-refractivity contribution is 5.53. The molecule has 2 rings (SSSR count). The summed E-state index contributed by atoms with van der Waals surface area (Å²) in [6, 6.07) is 6.34. The van der Waals surface area contributed by atoms with Crippen LogP contribution < -0.4 is 5.32 Å². The molecule has 0 atom stereocenters. The number of nitrogens with one attached hydrogen (secondary N) is 1. The lowest BCUT2D eigenvalue weighted by Gasteiger charge is -2.25. The minimum Gasteiger partial charge on any atom is -0.388 e. The van der Waals surface area contributed by atoms with Gasteiger partial charge in [0, 0.05) is 25.8 Å². The fraction of sp³-hybridized carbons (Fsp3) is 0.364. The Balaban J connectivity index is 2.29. The predicted octanol–water partition coefficient (Wildman–Crippen LogP) is 1.24. The Labute approximate surface area is 83.7 Å². The first-order valence-corrected chi connectivity index (χ1v) is 4.82. The molecule has 1 aromatic carbocycles. The average Bonchev–Trinajstić information content (AvgIpc) is 2.27. The van der Waals surface area contributed by atoms with E-state index in [1.165, 1.54) is 11.1 Å².